The van der Waals surface area contributed by atoms with Gasteiger partial charge in [0.25, 0.3) is 0 Å². The van der Waals surface area contributed by atoms with Gasteiger partial charge in [-0.2, -0.15) is 0 Å². The quantitative estimate of drug-likeness (QED) is 0.497. The number of aryl methyl sites for hydroxylation is 2. The van der Waals surface area contributed by atoms with Crippen molar-refractivity contribution in [2.24, 2.45) is 7.05 Å². The average Bonchev–Trinajstić information content (AvgIpc) is 2.96. The molecule has 1 aromatic heterocycles. The lowest BCUT2D eigenvalue weighted by Crippen LogP contribution is -2.05. The lowest BCUT2D eigenvalue weighted by atomic mass is 10.0. The molecule has 3 rings (SSSR count). The summed E-state index contributed by atoms with van der Waals surface area (Å²) in [5.74, 6) is 1.37. The topological polar surface area (TPSA) is 47.8 Å². The molecule has 0 saturated carbocycles. The summed E-state index contributed by atoms with van der Waals surface area (Å²) in [4.78, 5) is 12.4. The van der Waals surface area contributed by atoms with Crippen LogP contribution >= 0.6 is 11.8 Å². The van der Waals surface area contributed by atoms with Crippen molar-refractivity contribution in [2.75, 3.05) is 5.75 Å². The molecule has 0 unspecified atom stereocenters. The fourth-order valence-electron chi connectivity index (χ4n) is 2.53. The number of aromatic nitrogens is 3. The molecule has 5 heteroatoms. The van der Waals surface area contributed by atoms with Crippen LogP contribution in [0.5, 0.6) is 0 Å². The lowest BCUT2D eigenvalue weighted by Gasteiger charge is -2.05. The molecule has 0 spiro atoms. The van der Waals surface area contributed by atoms with E-state index in [0.717, 1.165) is 28.5 Å². The molecule has 3 aromatic rings. The van der Waals surface area contributed by atoms with E-state index in [2.05, 4.69) is 22.3 Å². The van der Waals surface area contributed by atoms with E-state index in [-0.39, 0.29) is 5.78 Å². The largest absolute Gasteiger partial charge is 0.309 e. The molecule has 128 valence electrons. The van der Waals surface area contributed by atoms with E-state index >= 15 is 0 Å². The maximum atomic E-state index is 12.4. The summed E-state index contributed by atoms with van der Waals surface area (Å²) in [5, 5.41) is 9.27. The Kier molecular flexibility index (Phi) is 5.34. The zero-order chi connectivity index (χ0) is 17.8. The van der Waals surface area contributed by atoms with Crippen LogP contribution in [0, 0.1) is 13.8 Å². The van der Waals surface area contributed by atoms with Gasteiger partial charge in [0.1, 0.15) is 5.82 Å². The Morgan fingerprint density at radius 3 is 2.52 bits per heavy atom. The first kappa shape index (κ1) is 17.4. The second-order valence-corrected chi connectivity index (χ2v) is 7.07. The SMILES string of the molecule is Cc1ccc(C(=O)CSc2nnc(Cc3ccccc3)n2C)cc1C. The highest BCUT2D eigenvalue weighted by atomic mass is 32.2. The molecule has 0 amide bonds. The lowest BCUT2D eigenvalue weighted by molar-refractivity contribution is 0.102. The van der Waals surface area contributed by atoms with Crippen molar-refractivity contribution in [2.45, 2.75) is 25.4 Å². The van der Waals surface area contributed by atoms with Crippen molar-refractivity contribution >= 4 is 17.5 Å². The maximum absolute atomic E-state index is 12.4. The third-order valence-electron chi connectivity index (χ3n) is 4.29. The minimum atomic E-state index is 0.112. The highest BCUT2D eigenvalue weighted by Gasteiger charge is 2.13. The van der Waals surface area contributed by atoms with Crippen LogP contribution in [0.15, 0.2) is 53.7 Å². The minimum Gasteiger partial charge on any atom is -0.309 e. The van der Waals surface area contributed by atoms with Gasteiger partial charge in [-0.1, -0.05) is 54.2 Å². The predicted octanol–water partition coefficient (Wildman–Crippen LogP) is 4.00. The van der Waals surface area contributed by atoms with Gasteiger partial charge in [-0.25, -0.2) is 0 Å². The molecule has 0 atom stereocenters. The second kappa shape index (κ2) is 7.66. The average molecular weight is 351 g/mol. The van der Waals surface area contributed by atoms with Crippen LogP contribution in [-0.4, -0.2) is 26.3 Å². The van der Waals surface area contributed by atoms with Crippen LogP contribution in [0.2, 0.25) is 0 Å². The molecule has 0 aliphatic carbocycles. The standard InChI is InChI=1S/C20H21N3OS/c1-14-9-10-17(11-15(14)2)18(24)13-25-20-22-21-19(23(20)3)12-16-7-5-4-6-8-16/h4-11H,12-13H2,1-3H3. The van der Waals surface area contributed by atoms with Gasteiger partial charge < -0.3 is 4.57 Å². The van der Waals surface area contributed by atoms with Crippen molar-refractivity contribution < 1.29 is 4.79 Å². The summed E-state index contributed by atoms with van der Waals surface area (Å²) in [5.41, 5.74) is 4.28. The first-order valence-electron chi connectivity index (χ1n) is 8.20. The molecule has 2 aromatic carbocycles. The van der Waals surface area contributed by atoms with E-state index in [4.69, 9.17) is 0 Å². The molecular formula is C20H21N3OS. The summed E-state index contributed by atoms with van der Waals surface area (Å²) in [6.45, 7) is 4.07. The second-order valence-electron chi connectivity index (χ2n) is 6.13. The third kappa shape index (κ3) is 4.17. The molecule has 0 fully saturated rings. The molecule has 25 heavy (non-hydrogen) atoms. The van der Waals surface area contributed by atoms with E-state index in [1.807, 2.05) is 61.9 Å². The Balaban J connectivity index is 1.65. The highest BCUT2D eigenvalue weighted by Crippen LogP contribution is 2.19. The minimum absolute atomic E-state index is 0.112. The summed E-state index contributed by atoms with van der Waals surface area (Å²) in [7, 11) is 1.95. The Morgan fingerprint density at radius 1 is 1.04 bits per heavy atom. The first-order chi connectivity index (χ1) is 12.0. The molecule has 0 aliphatic rings. The highest BCUT2D eigenvalue weighted by molar-refractivity contribution is 7.99. The normalized spacial score (nSPS) is 10.8. The van der Waals surface area contributed by atoms with Crippen LogP contribution in [0.1, 0.15) is 32.9 Å². The summed E-state index contributed by atoms with van der Waals surface area (Å²) < 4.78 is 1.96. The van der Waals surface area contributed by atoms with E-state index in [0.29, 0.717) is 5.75 Å². The van der Waals surface area contributed by atoms with Crippen LogP contribution in [0.25, 0.3) is 0 Å². The van der Waals surface area contributed by atoms with Gasteiger partial charge in [0.15, 0.2) is 10.9 Å². The number of rotatable bonds is 6. The fraction of sp³-hybridized carbons (Fsp3) is 0.250. The molecule has 0 aliphatic heterocycles. The molecule has 0 saturated heterocycles. The number of Topliss-reactive ketones (excluding diaryl/α,β-unsaturated/α-hetero) is 1. The first-order valence-corrected chi connectivity index (χ1v) is 9.18. The monoisotopic (exact) mass is 351 g/mol. The Bertz CT molecular complexity index is 887. The van der Waals surface area contributed by atoms with E-state index in [9.17, 15) is 4.79 Å². The van der Waals surface area contributed by atoms with Gasteiger partial charge in [0.05, 0.1) is 5.75 Å². The van der Waals surface area contributed by atoms with E-state index in [1.165, 1.54) is 22.9 Å². The molecule has 0 bridgehead atoms. The smallest absolute Gasteiger partial charge is 0.191 e. The maximum Gasteiger partial charge on any atom is 0.191 e. The number of carbonyl (C=O) groups excluding carboxylic acids is 1. The molecule has 1 heterocycles. The van der Waals surface area contributed by atoms with Crippen molar-refractivity contribution in [3.05, 3.63) is 76.6 Å². The predicted molar refractivity (Wildman–Crippen MR) is 101 cm³/mol. The summed E-state index contributed by atoms with van der Waals surface area (Å²) in [6, 6.07) is 16.0. The Hall–Kier alpha value is -2.40. The fourth-order valence-corrected chi connectivity index (χ4v) is 3.36. The summed E-state index contributed by atoms with van der Waals surface area (Å²) in [6.07, 6.45) is 0.732. The van der Waals surface area contributed by atoms with Crippen LogP contribution < -0.4 is 0 Å². The Labute approximate surface area is 152 Å². The number of thioether (sulfide) groups is 1. The van der Waals surface area contributed by atoms with Crippen LogP contribution in [0.3, 0.4) is 0 Å². The number of benzene rings is 2. The summed E-state index contributed by atoms with van der Waals surface area (Å²) >= 11 is 1.43. The molecule has 0 N–H and O–H groups in total. The van der Waals surface area contributed by atoms with E-state index < -0.39 is 0 Å². The number of hydrogen-bond acceptors (Lipinski definition) is 4. The molecule has 4 nitrogen and oxygen atoms in total. The third-order valence-corrected chi connectivity index (χ3v) is 5.31. The van der Waals surface area contributed by atoms with Crippen molar-refractivity contribution in [3.63, 3.8) is 0 Å². The van der Waals surface area contributed by atoms with Gasteiger partial charge in [-0.3, -0.25) is 4.79 Å². The Morgan fingerprint density at radius 2 is 1.80 bits per heavy atom. The van der Waals surface area contributed by atoms with Gasteiger partial charge >= 0.3 is 0 Å². The van der Waals surface area contributed by atoms with Gasteiger partial charge in [0, 0.05) is 19.0 Å². The van der Waals surface area contributed by atoms with Crippen molar-refractivity contribution in [3.8, 4) is 0 Å². The number of carbonyl (C=O) groups is 1. The van der Waals surface area contributed by atoms with Crippen molar-refractivity contribution in [1.29, 1.82) is 0 Å². The molecular weight excluding hydrogens is 330 g/mol. The number of ketones is 1. The van der Waals surface area contributed by atoms with Gasteiger partial charge in [-0.15, -0.1) is 10.2 Å². The van der Waals surface area contributed by atoms with Crippen LogP contribution in [-0.2, 0) is 13.5 Å². The van der Waals surface area contributed by atoms with E-state index in [1.54, 1.807) is 0 Å². The number of hydrogen-bond donors (Lipinski definition) is 0. The van der Waals surface area contributed by atoms with Crippen molar-refractivity contribution in [1.82, 2.24) is 14.8 Å². The van der Waals surface area contributed by atoms with Gasteiger partial charge in [-0.05, 0) is 36.6 Å². The van der Waals surface area contributed by atoms with Crippen LogP contribution in [0.4, 0.5) is 0 Å². The zero-order valence-electron chi connectivity index (χ0n) is 14.7. The molecule has 0 radical (unpaired) electrons. The zero-order valence-corrected chi connectivity index (χ0v) is 15.5. The number of nitrogens with zero attached hydrogens (tertiary/aromatic N) is 3. The van der Waals surface area contributed by atoms with Gasteiger partial charge in [0.2, 0.25) is 0 Å².